The van der Waals surface area contributed by atoms with Crippen LogP contribution in [-0.4, -0.2) is 15.8 Å². The third kappa shape index (κ3) is 9.86. The molecule has 21 rings (SSSR count). The Labute approximate surface area is 643 Å². The average molecular weight is 1410 g/mol. The van der Waals surface area contributed by atoms with E-state index in [1.807, 2.05) is 0 Å². The molecule has 2 aliphatic heterocycles. The van der Waals surface area contributed by atoms with E-state index in [-0.39, 0.29) is 17.5 Å². The number of para-hydroxylation sites is 4. The molecule has 0 radical (unpaired) electrons. The van der Waals surface area contributed by atoms with Gasteiger partial charge in [0.05, 0.1) is 38.9 Å². The number of aromatic nitrogens is 2. The Bertz CT molecular complexity index is 6130. The van der Waals surface area contributed by atoms with E-state index in [2.05, 4.69) is 431 Å². The van der Waals surface area contributed by atoms with Gasteiger partial charge in [0.25, 0.3) is 6.71 Å². The summed E-state index contributed by atoms with van der Waals surface area (Å²) in [5, 5.41) is 4.88. The minimum atomic E-state index is -0.857. The van der Waals surface area contributed by atoms with Crippen LogP contribution in [0.3, 0.4) is 0 Å². The molecule has 0 saturated heterocycles. The van der Waals surface area contributed by atoms with Crippen LogP contribution in [-0.2, 0) is 16.2 Å². The number of hydrogen-bond acceptors (Lipinski definition) is 2. The molecule has 0 amide bonds. The zero-order valence-corrected chi connectivity index (χ0v) is 62.6. The van der Waals surface area contributed by atoms with Crippen LogP contribution in [0.25, 0.3) is 111 Å². The first-order valence-electron chi connectivity index (χ1n) is 38.8. The van der Waals surface area contributed by atoms with Crippen LogP contribution in [0.4, 0.5) is 34.1 Å². The van der Waals surface area contributed by atoms with E-state index in [0.717, 1.165) is 118 Å². The zero-order chi connectivity index (χ0) is 73.7. The Morgan fingerprint density at radius 3 is 0.891 bits per heavy atom. The van der Waals surface area contributed by atoms with Crippen molar-refractivity contribution in [2.45, 2.75) is 57.8 Å². The SMILES string of the molecule is CC(C)(C)c1cc(-c2ccccc2)c(N2c3cc(-n4c5ccccc5c5ccccc54)ccc3B3c4ccc(-n5c6ccccc6c6ccccc65)cc4N(c4c(-c5ccccc5)cc(C(C)(C)C)cc4-c4ccccc4)c4cc(C5(c6ccccc6)c6ccccc6-c6ccccc65)cc2c43)c(-c2ccccc2)c1. The van der Waals surface area contributed by atoms with Gasteiger partial charge in [0.15, 0.2) is 0 Å². The summed E-state index contributed by atoms with van der Waals surface area (Å²) < 4.78 is 5.03. The Hall–Kier alpha value is -13.2. The van der Waals surface area contributed by atoms with Crippen molar-refractivity contribution in [1.29, 1.82) is 0 Å². The molecule has 2 aromatic heterocycles. The van der Waals surface area contributed by atoms with Gasteiger partial charge >= 0.3 is 0 Å². The molecule has 5 heteroatoms. The molecule has 4 nitrogen and oxygen atoms in total. The number of fused-ring (bicyclic) bond motifs is 13. The van der Waals surface area contributed by atoms with Crippen molar-refractivity contribution >= 4 is 101 Å². The Kier molecular flexibility index (Phi) is 14.8. The summed E-state index contributed by atoms with van der Waals surface area (Å²) >= 11 is 0. The van der Waals surface area contributed by atoms with E-state index >= 15 is 0 Å². The van der Waals surface area contributed by atoms with Gasteiger partial charge in [0.1, 0.15) is 0 Å². The number of nitrogens with zero attached hydrogens (tertiary/aromatic N) is 4. The summed E-state index contributed by atoms with van der Waals surface area (Å²) in [5.41, 5.74) is 34.8. The molecule has 1 aliphatic carbocycles. The number of rotatable bonds is 10. The largest absolute Gasteiger partial charge is 0.310 e. The number of benzene rings is 16. The van der Waals surface area contributed by atoms with E-state index in [4.69, 9.17) is 0 Å². The first kappa shape index (κ1) is 65.1. The van der Waals surface area contributed by atoms with Gasteiger partial charge < -0.3 is 18.9 Å². The molecule has 3 aliphatic rings. The van der Waals surface area contributed by atoms with Gasteiger partial charge in [-0.1, -0.05) is 327 Å². The third-order valence-corrected chi connectivity index (χ3v) is 24.0. The van der Waals surface area contributed by atoms with E-state index in [1.165, 1.54) is 76.9 Å². The van der Waals surface area contributed by atoms with Crippen molar-refractivity contribution in [3.63, 3.8) is 0 Å². The molecule has 0 unspecified atom stereocenters. The highest BCUT2D eigenvalue weighted by molar-refractivity contribution is 7.00. The Balaban J connectivity index is 1.00. The maximum atomic E-state index is 2.77. The van der Waals surface area contributed by atoms with E-state index < -0.39 is 5.41 Å². The molecule has 18 aromatic rings. The van der Waals surface area contributed by atoms with Crippen LogP contribution in [0.1, 0.15) is 74.9 Å². The lowest BCUT2D eigenvalue weighted by atomic mass is 9.33. The van der Waals surface area contributed by atoms with Crippen molar-refractivity contribution in [3.8, 4) is 67.0 Å². The Morgan fingerprint density at radius 1 is 0.255 bits per heavy atom. The molecule has 0 N–H and O–H groups in total. The monoisotopic (exact) mass is 1410 g/mol. The zero-order valence-electron chi connectivity index (χ0n) is 62.6. The Morgan fingerprint density at radius 2 is 0.555 bits per heavy atom. The second-order valence-electron chi connectivity index (χ2n) is 32.3. The van der Waals surface area contributed by atoms with Crippen molar-refractivity contribution in [2.75, 3.05) is 9.80 Å². The maximum Gasteiger partial charge on any atom is 0.252 e. The molecule has 0 saturated carbocycles. The summed E-state index contributed by atoms with van der Waals surface area (Å²) in [4.78, 5) is 5.53. The molecule has 0 bridgehead atoms. The van der Waals surface area contributed by atoms with Crippen LogP contribution in [0.2, 0.25) is 0 Å². The summed E-state index contributed by atoms with van der Waals surface area (Å²) in [6.07, 6.45) is 0. The highest BCUT2D eigenvalue weighted by Gasteiger charge is 2.51. The van der Waals surface area contributed by atoms with Gasteiger partial charge in [-0.05, 0) is 179 Å². The second-order valence-corrected chi connectivity index (χ2v) is 32.3. The molecule has 110 heavy (non-hydrogen) atoms. The molecule has 0 spiro atoms. The van der Waals surface area contributed by atoms with Gasteiger partial charge in [-0.2, -0.15) is 0 Å². The molecule has 522 valence electrons. The number of anilines is 6. The van der Waals surface area contributed by atoms with Gasteiger partial charge in [-0.25, -0.2) is 0 Å². The number of hydrogen-bond donors (Lipinski definition) is 0. The minimum absolute atomic E-state index is 0.234. The van der Waals surface area contributed by atoms with Crippen molar-refractivity contribution in [1.82, 2.24) is 9.13 Å². The van der Waals surface area contributed by atoms with Gasteiger partial charge in [-0.3, -0.25) is 0 Å². The predicted molar refractivity (Wildman–Crippen MR) is 466 cm³/mol. The van der Waals surface area contributed by atoms with Gasteiger partial charge in [-0.15, -0.1) is 0 Å². The topological polar surface area (TPSA) is 16.3 Å². The summed E-state index contributed by atoms with van der Waals surface area (Å²) in [6.45, 7) is 13.9. The fourth-order valence-electron chi connectivity index (χ4n) is 19.0. The van der Waals surface area contributed by atoms with Crippen LogP contribution in [0, 0.1) is 0 Å². The maximum absolute atomic E-state index is 2.77. The van der Waals surface area contributed by atoms with Gasteiger partial charge in [0.2, 0.25) is 0 Å². The van der Waals surface area contributed by atoms with E-state index in [1.54, 1.807) is 0 Å². The summed E-state index contributed by atoms with van der Waals surface area (Å²) in [7, 11) is 0. The lowest BCUT2D eigenvalue weighted by Crippen LogP contribution is -2.61. The molecule has 0 fully saturated rings. The fourth-order valence-corrected chi connectivity index (χ4v) is 19.0. The van der Waals surface area contributed by atoms with Crippen LogP contribution in [0.15, 0.2) is 370 Å². The average Bonchev–Trinajstić information content (AvgIpc) is 1.21. The van der Waals surface area contributed by atoms with Crippen molar-refractivity contribution < 1.29 is 0 Å². The highest BCUT2D eigenvalue weighted by atomic mass is 15.2. The van der Waals surface area contributed by atoms with E-state index in [0.29, 0.717) is 0 Å². The summed E-state index contributed by atoms with van der Waals surface area (Å²) in [6, 6.07) is 141. The normalized spacial score (nSPS) is 13.4. The lowest BCUT2D eigenvalue weighted by Gasteiger charge is -2.47. The molecule has 0 atom stereocenters. The fraction of sp³-hybridized carbons (Fsp3) is 0.0857. The minimum Gasteiger partial charge on any atom is -0.310 e. The van der Waals surface area contributed by atoms with Crippen LogP contribution < -0.4 is 26.2 Å². The predicted octanol–water partition coefficient (Wildman–Crippen LogP) is 25.6. The molecule has 4 heterocycles. The van der Waals surface area contributed by atoms with Crippen LogP contribution >= 0.6 is 0 Å². The smallest absolute Gasteiger partial charge is 0.252 e. The first-order valence-corrected chi connectivity index (χ1v) is 38.8. The van der Waals surface area contributed by atoms with Gasteiger partial charge in [0, 0.05) is 77.9 Å². The highest BCUT2D eigenvalue weighted by Crippen LogP contribution is 2.61. The van der Waals surface area contributed by atoms with E-state index in [9.17, 15) is 0 Å². The standard InChI is InChI=1S/C105H79BN4/c1-103(2,3)73-60-84(68-34-12-7-13-35-68)101(85(61-73)69-36-14-8-15-37-69)109-96-66-76(107-92-52-30-24-46-80(92)81-47-25-31-53-93(81)107)56-58-90(96)106-91-59-57-77(108-94-54-32-26-48-82(94)83-49-27-33-55-95(83)108)67-97(91)110(102-86(70-38-16-9-17-39-70)62-74(104(4,5)6)63-87(102)71-40-18-10-19-41-71)99-65-75(64-98(109)100(99)106)105(72-42-20-11-21-43-72)88-50-28-22-44-78(88)79-45-23-29-51-89(79)105/h7-67H,1-6H3. The second kappa shape index (κ2) is 24.9. The van der Waals surface area contributed by atoms with Crippen LogP contribution in [0.5, 0.6) is 0 Å². The molecular weight excluding hydrogens is 1330 g/mol. The summed E-state index contributed by atoms with van der Waals surface area (Å²) in [5.74, 6) is 0. The molecule has 16 aromatic carbocycles. The lowest BCUT2D eigenvalue weighted by molar-refractivity contribution is 0.590. The van der Waals surface area contributed by atoms with Crippen molar-refractivity contribution in [2.24, 2.45) is 0 Å². The molecular formula is C105H79BN4. The van der Waals surface area contributed by atoms with Crippen molar-refractivity contribution in [3.05, 3.63) is 403 Å². The first-order chi connectivity index (χ1) is 53.9. The third-order valence-electron chi connectivity index (χ3n) is 24.0. The quantitative estimate of drug-likeness (QED) is 0.127.